The second-order valence-electron chi connectivity index (χ2n) is 10.1. The van der Waals surface area contributed by atoms with Crippen LogP contribution in [0.1, 0.15) is 24.8 Å². The molecule has 1 aromatic carbocycles. The minimum absolute atomic E-state index is 0.00832. The number of aliphatic hydroxyl groups excluding tert-OH is 1. The van der Waals surface area contributed by atoms with Gasteiger partial charge in [0.2, 0.25) is 0 Å². The number of halogens is 1. The zero-order valence-electron chi connectivity index (χ0n) is 22.3. The molecule has 210 valence electrons. The average molecular weight is 567 g/mol. The first kappa shape index (κ1) is 27.3. The van der Waals surface area contributed by atoms with Gasteiger partial charge in [0, 0.05) is 58.7 Å². The van der Waals surface area contributed by atoms with Crippen LogP contribution in [-0.4, -0.2) is 98.2 Å². The molecule has 12 heteroatoms. The number of pyridine rings is 1. The van der Waals surface area contributed by atoms with Crippen LogP contribution in [0.4, 0.5) is 4.79 Å². The number of amides is 3. The Labute approximate surface area is 236 Å². The van der Waals surface area contributed by atoms with Gasteiger partial charge in [-0.1, -0.05) is 41.9 Å². The predicted molar refractivity (Wildman–Crippen MR) is 151 cm³/mol. The van der Waals surface area contributed by atoms with Crippen molar-refractivity contribution in [2.45, 2.75) is 25.4 Å². The minimum Gasteiger partial charge on any atom is -0.481 e. The first-order valence-electron chi connectivity index (χ1n) is 13.1. The molecular weight excluding hydrogens is 536 g/mol. The average Bonchev–Trinajstić information content (AvgIpc) is 3.33. The number of carbonyl (C=O) groups is 2. The fourth-order valence-electron chi connectivity index (χ4n) is 4.94. The van der Waals surface area contributed by atoms with Crippen LogP contribution in [0.25, 0.3) is 28.0 Å². The standard InChI is InChI=1S/C28H31ClN6O5/c1-33(2)28(39)35-13-9-20(10-14-35)40-27-30-22-15-21(29)25(31-26(22)32-27)19-5-3-17(4-6-19)18-7-11-34(12-8-18)23(36)16-24(37)38/h3-7,15-16,20,37-38H,8-14H2,1-2H3,(H,30,31,32). The second kappa shape index (κ2) is 11.5. The van der Waals surface area contributed by atoms with Crippen LogP contribution < -0.4 is 4.74 Å². The lowest BCUT2D eigenvalue weighted by Crippen LogP contribution is -2.46. The molecule has 3 aromatic rings. The van der Waals surface area contributed by atoms with Crippen molar-refractivity contribution in [2.75, 3.05) is 40.3 Å². The molecule has 1 saturated heterocycles. The van der Waals surface area contributed by atoms with Crippen LogP contribution in [0.3, 0.4) is 0 Å². The highest BCUT2D eigenvalue weighted by Crippen LogP contribution is 2.32. The maximum atomic E-state index is 12.2. The quantitative estimate of drug-likeness (QED) is 0.308. The molecular formula is C28H31ClN6O5. The fourth-order valence-corrected chi connectivity index (χ4v) is 5.20. The summed E-state index contributed by atoms with van der Waals surface area (Å²) in [4.78, 5) is 41.5. The number of urea groups is 1. The van der Waals surface area contributed by atoms with E-state index < -0.39 is 11.9 Å². The van der Waals surface area contributed by atoms with Gasteiger partial charge in [0.1, 0.15) is 6.10 Å². The Morgan fingerprint density at radius 3 is 2.40 bits per heavy atom. The van der Waals surface area contributed by atoms with E-state index in [2.05, 4.69) is 9.97 Å². The van der Waals surface area contributed by atoms with Crippen molar-refractivity contribution in [3.05, 3.63) is 59.0 Å². The van der Waals surface area contributed by atoms with Gasteiger partial charge >= 0.3 is 6.03 Å². The molecule has 0 bridgehead atoms. The van der Waals surface area contributed by atoms with Crippen LogP contribution in [0, 0.1) is 0 Å². The molecule has 4 heterocycles. The first-order valence-corrected chi connectivity index (χ1v) is 13.4. The summed E-state index contributed by atoms with van der Waals surface area (Å²) in [5.41, 5.74) is 4.77. The van der Waals surface area contributed by atoms with E-state index in [0.717, 1.165) is 35.6 Å². The number of carbonyl (C=O) groups excluding carboxylic acids is 2. The SMILES string of the molecule is CN(C)C(=O)N1CCC(Oc2nc3nc(-c4ccc(C5=CCN(C(=O)C=C(O)O)CC5)cc4)c(Cl)cc3[nH]2)CC1. The van der Waals surface area contributed by atoms with Crippen molar-refractivity contribution in [3.63, 3.8) is 0 Å². The number of likely N-dealkylation sites (tertiary alicyclic amines) is 1. The summed E-state index contributed by atoms with van der Waals surface area (Å²) >= 11 is 6.60. The van der Waals surface area contributed by atoms with Crippen LogP contribution in [0.5, 0.6) is 6.01 Å². The lowest BCUT2D eigenvalue weighted by Gasteiger charge is -2.33. The maximum absolute atomic E-state index is 12.2. The topological polar surface area (TPSA) is 135 Å². The highest BCUT2D eigenvalue weighted by molar-refractivity contribution is 6.33. The number of benzene rings is 1. The molecule has 1 fully saturated rings. The van der Waals surface area contributed by atoms with E-state index in [1.165, 1.54) is 0 Å². The minimum atomic E-state index is -0.991. The van der Waals surface area contributed by atoms with Crippen molar-refractivity contribution in [3.8, 4) is 17.3 Å². The molecule has 5 rings (SSSR count). The van der Waals surface area contributed by atoms with Gasteiger partial charge in [-0.05, 0) is 23.6 Å². The summed E-state index contributed by atoms with van der Waals surface area (Å²) in [5.74, 6) is -1.43. The van der Waals surface area contributed by atoms with Crippen LogP contribution in [0.15, 0.2) is 48.4 Å². The molecule has 2 aliphatic rings. The number of H-pyrrole nitrogens is 1. The number of hydrogen-bond acceptors (Lipinski definition) is 7. The number of hydrogen-bond donors (Lipinski definition) is 3. The van der Waals surface area contributed by atoms with Gasteiger partial charge in [0.15, 0.2) is 5.65 Å². The lowest BCUT2D eigenvalue weighted by atomic mass is 9.97. The summed E-state index contributed by atoms with van der Waals surface area (Å²) in [7, 11) is 3.50. The van der Waals surface area contributed by atoms with Gasteiger partial charge in [-0.2, -0.15) is 4.98 Å². The summed E-state index contributed by atoms with van der Waals surface area (Å²) < 4.78 is 6.08. The van der Waals surface area contributed by atoms with E-state index in [4.69, 9.17) is 31.5 Å². The molecule has 0 radical (unpaired) electrons. The number of imidazole rings is 1. The molecule has 0 aliphatic carbocycles. The van der Waals surface area contributed by atoms with Gasteiger partial charge in [-0.25, -0.2) is 9.78 Å². The molecule has 0 saturated carbocycles. The van der Waals surface area contributed by atoms with Crippen LogP contribution in [0.2, 0.25) is 5.02 Å². The van der Waals surface area contributed by atoms with Crippen LogP contribution in [-0.2, 0) is 4.79 Å². The number of aromatic amines is 1. The number of fused-ring (bicyclic) bond motifs is 1. The number of rotatable bonds is 5. The van der Waals surface area contributed by atoms with Crippen molar-refractivity contribution in [1.29, 1.82) is 0 Å². The van der Waals surface area contributed by atoms with E-state index in [1.807, 2.05) is 35.2 Å². The Balaban J connectivity index is 1.25. The van der Waals surface area contributed by atoms with Crippen molar-refractivity contribution >= 4 is 40.3 Å². The first-order chi connectivity index (χ1) is 19.2. The number of aromatic nitrogens is 3. The number of aliphatic hydroxyl groups is 2. The number of piperidine rings is 1. The molecule has 11 nitrogen and oxygen atoms in total. The van der Waals surface area contributed by atoms with Crippen molar-refractivity contribution in [1.82, 2.24) is 29.7 Å². The Morgan fingerprint density at radius 1 is 1.07 bits per heavy atom. The fraction of sp³-hybridized carbons (Fsp3) is 0.357. The van der Waals surface area contributed by atoms with E-state index in [1.54, 1.807) is 30.0 Å². The largest absolute Gasteiger partial charge is 0.481 e. The Morgan fingerprint density at radius 2 is 1.77 bits per heavy atom. The Bertz CT molecular complexity index is 1470. The summed E-state index contributed by atoms with van der Waals surface area (Å²) in [5, 5.41) is 18.3. The van der Waals surface area contributed by atoms with Crippen molar-refractivity contribution in [2.24, 2.45) is 0 Å². The highest BCUT2D eigenvalue weighted by Gasteiger charge is 2.26. The third-order valence-electron chi connectivity index (χ3n) is 7.08. The molecule has 40 heavy (non-hydrogen) atoms. The van der Waals surface area contributed by atoms with E-state index in [0.29, 0.717) is 60.5 Å². The third-order valence-corrected chi connectivity index (χ3v) is 7.37. The normalized spacial score (nSPS) is 16.0. The zero-order chi connectivity index (χ0) is 28.4. The molecule has 2 aliphatic heterocycles. The summed E-state index contributed by atoms with van der Waals surface area (Å²) in [6.45, 7) is 2.13. The van der Waals surface area contributed by atoms with Gasteiger partial charge < -0.3 is 34.6 Å². The third kappa shape index (κ3) is 5.99. The van der Waals surface area contributed by atoms with Gasteiger partial charge in [0.05, 0.1) is 22.3 Å². The Hall–Kier alpha value is -4.25. The van der Waals surface area contributed by atoms with E-state index in [-0.39, 0.29) is 12.1 Å². The smallest absolute Gasteiger partial charge is 0.319 e. The molecule has 2 aromatic heterocycles. The molecule has 0 atom stereocenters. The Kier molecular flexibility index (Phi) is 7.83. The van der Waals surface area contributed by atoms with Crippen molar-refractivity contribution < 1.29 is 24.5 Å². The molecule has 0 unspecified atom stereocenters. The van der Waals surface area contributed by atoms with Crippen LogP contribution >= 0.6 is 11.6 Å². The summed E-state index contributed by atoms with van der Waals surface area (Å²) in [6, 6.07) is 10.1. The van der Waals surface area contributed by atoms with Gasteiger partial charge in [-0.3, -0.25) is 4.79 Å². The maximum Gasteiger partial charge on any atom is 0.319 e. The molecule has 0 spiro atoms. The summed E-state index contributed by atoms with van der Waals surface area (Å²) in [6.07, 6.45) is 4.80. The van der Waals surface area contributed by atoms with Gasteiger partial charge in [-0.15, -0.1) is 0 Å². The number of ether oxygens (including phenoxy) is 1. The van der Waals surface area contributed by atoms with Gasteiger partial charge in [0.25, 0.3) is 17.9 Å². The molecule has 3 amide bonds. The second-order valence-corrected chi connectivity index (χ2v) is 10.5. The predicted octanol–water partition coefficient (Wildman–Crippen LogP) is 4.38. The molecule has 3 N–H and O–H groups in total. The number of nitrogens with zero attached hydrogens (tertiary/aromatic N) is 5. The zero-order valence-corrected chi connectivity index (χ0v) is 23.1. The highest BCUT2D eigenvalue weighted by atomic mass is 35.5. The van der Waals surface area contributed by atoms with E-state index in [9.17, 15) is 9.59 Å². The number of nitrogens with one attached hydrogen (secondary N) is 1. The van der Waals surface area contributed by atoms with E-state index >= 15 is 0 Å². The lowest BCUT2D eigenvalue weighted by molar-refractivity contribution is -0.126. The monoisotopic (exact) mass is 566 g/mol.